The summed E-state index contributed by atoms with van der Waals surface area (Å²) in [5.74, 6) is -1.25. The molecule has 244 valence electrons. The number of nitriles is 1. The number of carboxylic acid groups (broad SMARTS) is 1. The van der Waals surface area contributed by atoms with Gasteiger partial charge in [-0.05, 0) is 91.5 Å². The van der Waals surface area contributed by atoms with Crippen LogP contribution in [-0.4, -0.2) is 23.7 Å². The number of carboxylic acids is 1. The molecule has 0 unspecified atom stereocenters. The predicted octanol–water partition coefficient (Wildman–Crippen LogP) is 10.4. The second kappa shape index (κ2) is 18.1. The summed E-state index contributed by atoms with van der Waals surface area (Å²) < 4.78 is 26.2. The molecule has 0 aromatic heterocycles. The molecule has 3 aromatic rings. The second-order valence-corrected chi connectivity index (χ2v) is 12.4. The molecule has 0 bridgehead atoms. The summed E-state index contributed by atoms with van der Waals surface area (Å²) in [5.41, 5.74) is 1.91. The first-order chi connectivity index (χ1) is 22.4. The van der Waals surface area contributed by atoms with E-state index in [1.807, 2.05) is 12.1 Å². The molecule has 7 heteroatoms. The highest BCUT2D eigenvalue weighted by Crippen LogP contribution is 2.41. The standard InChI is InChI=1S/C39H46FNO5/c1-2-3-4-5-6-7-8-9-10-11-25-45-36-24-21-31(26-32(36)27-41)39(44)46-33-22-19-29(20-23-33)28-15-17-30(18-16-28)34-13-12-14-35(37(34)40)38(42)43/h12-14,19-24,26,28,30H,2-11,15-18,25H2,1H3,(H,42,43). The fraction of sp³-hybridized carbons (Fsp3) is 0.462. The molecular weight excluding hydrogens is 581 g/mol. The Balaban J connectivity index is 1.21. The third kappa shape index (κ3) is 9.91. The highest BCUT2D eigenvalue weighted by atomic mass is 19.1. The van der Waals surface area contributed by atoms with Crippen molar-refractivity contribution in [2.45, 2.75) is 109 Å². The van der Waals surface area contributed by atoms with Gasteiger partial charge in [-0.15, -0.1) is 0 Å². The first-order valence-electron chi connectivity index (χ1n) is 16.9. The van der Waals surface area contributed by atoms with Crippen LogP contribution in [0.25, 0.3) is 0 Å². The molecule has 0 saturated heterocycles. The van der Waals surface area contributed by atoms with Crippen LogP contribution in [0.15, 0.2) is 60.7 Å². The molecule has 0 radical (unpaired) electrons. The van der Waals surface area contributed by atoms with Gasteiger partial charge in [0.25, 0.3) is 0 Å². The number of hydrogen-bond acceptors (Lipinski definition) is 5. The maximum Gasteiger partial charge on any atom is 0.343 e. The normalized spacial score (nSPS) is 16.0. The SMILES string of the molecule is CCCCCCCCCCCCOc1ccc(C(=O)Oc2ccc(C3CCC(c4cccc(C(=O)O)c4F)CC3)cc2)cc1C#N. The quantitative estimate of drug-likeness (QED) is 0.0909. The number of hydrogen-bond donors (Lipinski definition) is 1. The van der Waals surface area contributed by atoms with Crippen LogP contribution < -0.4 is 9.47 Å². The molecular formula is C39H46FNO5. The summed E-state index contributed by atoms with van der Waals surface area (Å²) in [6, 6.07) is 19.0. The molecule has 0 heterocycles. The second-order valence-electron chi connectivity index (χ2n) is 12.4. The predicted molar refractivity (Wildman–Crippen MR) is 177 cm³/mol. The number of carbonyl (C=O) groups excluding carboxylic acids is 1. The van der Waals surface area contributed by atoms with Crippen molar-refractivity contribution in [3.63, 3.8) is 0 Å². The van der Waals surface area contributed by atoms with Crippen molar-refractivity contribution in [1.29, 1.82) is 5.26 Å². The Morgan fingerprint density at radius 2 is 1.48 bits per heavy atom. The van der Waals surface area contributed by atoms with Gasteiger partial charge in [0.2, 0.25) is 0 Å². The van der Waals surface area contributed by atoms with Gasteiger partial charge in [0, 0.05) is 0 Å². The molecule has 46 heavy (non-hydrogen) atoms. The lowest BCUT2D eigenvalue weighted by molar-refractivity contribution is 0.0689. The minimum Gasteiger partial charge on any atom is -0.492 e. The van der Waals surface area contributed by atoms with Crippen molar-refractivity contribution < 1.29 is 28.6 Å². The smallest absolute Gasteiger partial charge is 0.343 e. The van der Waals surface area contributed by atoms with E-state index in [1.165, 1.54) is 63.5 Å². The lowest BCUT2D eigenvalue weighted by atomic mass is 9.76. The van der Waals surface area contributed by atoms with Crippen LogP contribution in [0, 0.1) is 17.1 Å². The van der Waals surface area contributed by atoms with Gasteiger partial charge in [-0.25, -0.2) is 14.0 Å². The van der Waals surface area contributed by atoms with Crippen LogP contribution in [0.3, 0.4) is 0 Å². The van der Waals surface area contributed by atoms with E-state index in [0.29, 0.717) is 29.2 Å². The van der Waals surface area contributed by atoms with Crippen LogP contribution in [0.5, 0.6) is 11.5 Å². The Kier molecular flexibility index (Phi) is 13.6. The van der Waals surface area contributed by atoms with Gasteiger partial charge in [0.05, 0.1) is 23.3 Å². The molecule has 0 atom stereocenters. The number of ether oxygens (including phenoxy) is 2. The number of nitrogens with zero attached hydrogens (tertiary/aromatic N) is 1. The first kappa shape index (κ1) is 34.7. The number of halogens is 1. The zero-order chi connectivity index (χ0) is 32.7. The molecule has 1 aliphatic rings. The van der Waals surface area contributed by atoms with Crippen LogP contribution in [-0.2, 0) is 0 Å². The summed E-state index contributed by atoms with van der Waals surface area (Å²) in [5, 5.41) is 18.9. The van der Waals surface area contributed by atoms with Crippen molar-refractivity contribution in [3.05, 3.63) is 94.3 Å². The van der Waals surface area contributed by atoms with E-state index in [0.717, 1.165) is 44.1 Å². The topological polar surface area (TPSA) is 96.6 Å². The van der Waals surface area contributed by atoms with Gasteiger partial charge in [-0.3, -0.25) is 0 Å². The molecule has 1 saturated carbocycles. The van der Waals surface area contributed by atoms with E-state index in [1.54, 1.807) is 36.4 Å². The first-order valence-corrected chi connectivity index (χ1v) is 16.9. The van der Waals surface area contributed by atoms with Crippen LogP contribution in [0.2, 0.25) is 0 Å². The molecule has 0 spiro atoms. The van der Waals surface area contributed by atoms with E-state index >= 15 is 0 Å². The zero-order valence-electron chi connectivity index (χ0n) is 26.9. The van der Waals surface area contributed by atoms with Crippen molar-refractivity contribution in [1.82, 2.24) is 0 Å². The lowest BCUT2D eigenvalue weighted by Crippen LogP contribution is -2.15. The molecule has 1 N–H and O–H groups in total. The highest BCUT2D eigenvalue weighted by Gasteiger charge is 2.27. The third-order valence-corrected chi connectivity index (χ3v) is 9.08. The number of unbranched alkanes of at least 4 members (excludes halogenated alkanes) is 9. The number of carbonyl (C=O) groups is 2. The molecule has 0 aliphatic heterocycles. The summed E-state index contributed by atoms with van der Waals surface area (Å²) in [6.07, 6.45) is 15.6. The zero-order valence-corrected chi connectivity index (χ0v) is 26.9. The van der Waals surface area contributed by atoms with Gasteiger partial charge in [0.15, 0.2) is 0 Å². The minimum absolute atomic E-state index is 0.00872. The number of aromatic carboxylic acids is 1. The third-order valence-electron chi connectivity index (χ3n) is 9.08. The number of esters is 1. The maximum absolute atomic E-state index is 14.8. The molecule has 1 fully saturated rings. The summed E-state index contributed by atoms with van der Waals surface area (Å²) in [4.78, 5) is 24.2. The Morgan fingerprint density at radius 3 is 2.11 bits per heavy atom. The van der Waals surface area contributed by atoms with Crippen LogP contribution in [0.1, 0.15) is 146 Å². The molecule has 6 nitrogen and oxygen atoms in total. The Hall–Kier alpha value is -4.18. The highest BCUT2D eigenvalue weighted by molar-refractivity contribution is 5.91. The Labute approximate surface area is 272 Å². The number of rotatable bonds is 17. The van der Waals surface area contributed by atoms with Gasteiger partial charge in [0.1, 0.15) is 23.4 Å². The number of benzene rings is 3. The van der Waals surface area contributed by atoms with Crippen molar-refractivity contribution in [2.24, 2.45) is 0 Å². The Morgan fingerprint density at radius 1 is 0.848 bits per heavy atom. The fourth-order valence-electron chi connectivity index (χ4n) is 6.38. The summed E-state index contributed by atoms with van der Waals surface area (Å²) >= 11 is 0. The van der Waals surface area contributed by atoms with Crippen molar-refractivity contribution in [3.8, 4) is 17.6 Å². The summed E-state index contributed by atoms with van der Waals surface area (Å²) in [6.45, 7) is 2.78. The van der Waals surface area contributed by atoms with Gasteiger partial charge in [-0.1, -0.05) is 89.0 Å². The van der Waals surface area contributed by atoms with Crippen LogP contribution in [0.4, 0.5) is 4.39 Å². The largest absolute Gasteiger partial charge is 0.492 e. The fourth-order valence-corrected chi connectivity index (χ4v) is 6.38. The molecule has 3 aromatic carbocycles. The molecule has 1 aliphatic carbocycles. The van der Waals surface area contributed by atoms with Crippen molar-refractivity contribution >= 4 is 11.9 Å². The van der Waals surface area contributed by atoms with Crippen LogP contribution >= 0.6 is 0 Å². The van der Waals surface area contributed by atoms with Gasteiger partial charge in [-0.2, -0.15) is 5.26 Å². The lowest BCUT2D eigenvalue weighted by Gasteiger charge is -2.29. The average molecular weight is 628 g/mol. The molecule has 4 rings (SSSR count). The monoisotopic (exact) mass is 627 g/mol. The van der Waals surface area contributed by atoms with E-state index in [2.05, 4.69) is 13.0 Å². The van der Waals surface area contributed by atoms with E-state index in [9.17, 15) is 24.3 Å². The van der Waals surface area contributed by atoms with Crippen molar-refractivity contribution in [2.75, 3.05) is 6.61 Å². The van der Waals surface area contributed by atoms with E-state index < -0.39 is 17.8 Å². The van der Waals surface area contributed by atoms with Gasteiger partial charge < -0.3 is 14.6 Å². The minimum atomic E-state index is -1.25. The Bertz CT molecular complexity index is 1470. The average Bonchev–Trinajstić information content (AvgIpc) is 3.07. The van der Waals surface area contributed by atoms with E-state index in [4.69, 9.17) is 9.47 Å². The van der Waals surface area contributed by atoms with Gasteiger partial charge >= 0.3 is 11.9 Å². The van der Waals surface area contributed by atoms with E-state index in [-0.39, 0.29) is 23.0 Å². The summed E-state index contributed by atoms with van der Waals surface area (Å²) in [7, 11) is 0. The molecule has 0 amide bonds. The maximum atomic E-state index is 14.8.